The molecule has 0 saturated carbocycles. The summed E-state index contributed by atoms with van der Waals surface area (Å²) in [6, 6.07) is 13.4. The molecule has 2 aliphatic heterocycles. The number of rotatable bonds is 5. The first-order valence-corrected chi connectivity index (χ1v) is 12.2. The lowest BCUT2D eigenvalue weighted by atomic mass is 9.77. The zero-order valence-corrected chi connectivity index (χ0v) is 20.7. The van der Waals surface area contributed by atoms with E-state index in [2.05, 4.69) is 0 Å². The van der Waals surface area contributed by atoms with Crippen LogP contribution in [0.2, 0.25) is 0 Å². The van der Waals surface area contributed by atoms with Gasteiger partial charge in [-0.25, -0.2) is 0 Å². The lowest BCUT2D eigenvalue weighted by Gasteiger charge is -2.38. The first-order chi connectivity index (χ1) is 17.4. The molecule has 3 heterocycles. The number of ether oxygens (including phenoxy) is 1. The topological polar surface area (TPSA) is 105 Å². The molecule has 0 unspecified atom stereocenters. The predicted octanol–water partition coefficient (Wildman–Crippen LogP) is 3.80. The molecule has 1 aromatic heterocycles. The van der Waals surface area contributed by atoms with Gasteiger partial charge in [-0.2, -0.15) is 0 Å². The van der Waals surface area contributed by atoms with Gasteiger partial charge in [-0.15, -0.1) is 0 Å². The van der Waals surface area contributed by atoms with Gasteiger partial charge in [-0.3, -0.25) is 9.59 Å². The summed E-state index contributed by atoms with van der Waals surface area (Å²) in [4.78, 5) is 30.6. The molecule has 2 amide bonds. The van der Waals surface area contributed by atoms with E-state index in [1.807, 2.05) is 70.1 Å². The van der Waals surface area contributed by atoms with E-state index in [-0.39, 0.29) is 11.8 Å². The van der Waals surface area contributed by atoms with Crippen LogP contribution in [0.25, 0.3) is 16.5 Å². The second-order valence-corrected chi connectivity index (χ2v) is 9.63. The van der Waals surface area contributed by atoms with Crippen LogP contribution in [0, 0.1) is 10.8 Å². The number of nitrogens with two attached hydrogens (primary N) is 1. The molecule has 2 saturated heterocycles. The Labute approximate surface area is 210 Å². The van der Waals surface area contributed by atoms with Crippen molar-refractivity contribution < 1.29 is 14.3 Å². The van der Waals surface area contributed by atoms with Crippen molar-refractivity contribution in [3.63, 3.8) is 0 Å². The number of methoxy groups -OCH3 is 1. The monoisotopic (exact) mass is 485 g/mol. The molecule has 2 aliphatic rings. The molecule has 1 spiro atoms. The zero-order chi connectivity index (χ0) is 25.4. The average Bonchev–Trinajstić information content (AvgIpc) is 3.44. The van der Waals surface area contributed by atoms with Gasteiger partial charge in [-0.05, 0) is 55.0 Å². The summed E-state index contributed by atoms with van der Waals surface area (Å²) in [6.07, 6.45) is 6.62. The normalized spacial score (nSPS) is 17.7. The van der Waals surface area contributed by atoms with E-state index in [9.17, 15) is 9.59 Å². The van der Waals surface area contributed by atoms with Crippen molar-refractivity contribution in [2.75, 3.05) is 31.6 Å². The fourth-order valence-electron chi connectivity index (χ4n) is 5.55. The number of piperidine rings is 1. The van der Waals surface area contributed by atoms with Crippen LogP contribution >= 0.6 is 0 Å². The second kappa shape index (κ2) is 9.18. The number of nitrogens with one attached hydrogen (secondary N) is 1. The number of fused-ring (bicyclic) bond motifs is 1. The van der Waals surface area contributed by atoms with E-state index >= 15 is 0 Å². The number of nitrogens with zero attached hydrogens (tertiary/aromatic N) is 3. The standard InChI is InChI=1S/C28H31N5O3/c1-31-11-7-19-3-4-20(15-24(19)31)26(34)32-12-8-28(9-13-32)10-14-33(27(28)35)22-5-6-23(21(17-29)18-30)25(16-22)36-2/h3-7,11,15-18,29H,8-10,12-14,30H2,1-2H3/b21-18+,29-17?. The molecule has 5 rings (SSSR count). The fourth-order valence-corrected chi connectivity index (χ4v) is 5.55. The van der Waals surface area contributed by atoms with Crippen molar-refractivity contribution in [3.8, 4) is 5.75 Å². The molecule has 36 heavy (non-hydrogen) atoms. The number of hydrogen-bond acceptors (Lipinski definition) is 5. The molecule has 0 aliphatic carbocycles. The number of carbonyl (C=O) groups excluding carboxylic acids is 2. The number of carbonyl (C=O) groups is 2. The van der Waals surface area contributed by atoms with Gasteiger partial charge in [0.1, 0.15) is 5.75 Å². The Morgan fingerprint density at radius 2 is 1.83 bits per heavy atom. The summed E-state index contributed by atoms with van der Waals surface area (Å²) in [5.74, 6) is 0.693. The summed E-state index contributed by atoms with van der Waals surface area (Å²) in [7, 11) is 3.54. The number of aromatic nitrogens is 1. The number of likely N-dealkylation sites (tertiary alicyclic amines) is 1. The lowest BCUT2D eigenvalue weighted by Crippen LogP contribution is -2.46. The molecule has 0 bridgehead atoms. The van der Waals surface area contributed by atoms with Gasteiger partial charge in [0.25, 0.3) is 5.91 Å². The van der Waals surface area contributed by atoms with Crippen LogP contribution in [0.1, 0.15) is 35.2 Å². The van der Waals surface area contributed by atoms with E-state index in [1.165, 1.54) is 12.4 Å². The first kappa shape index (κ1) is 23.7. The number of aryl methyl sites for hydroxylation is 1. The summed E-state index contributed by atoms with van der Waals surface area (Å²) in [6.45, 7) is 1.76. The summed E-state index contributed by atoms with van der Waals surface area (Å²) in [5, 5.41) is 8.68. The highest BCUT2D eigenvalue weighted by molar-refractivity contribution is 6.09. The number of allylic oxidation sites excluding steroid dienone is 1. The fraction of sp³-hybridized carbons (Fsp3) is 0.321. The lowest BCUT2D eigenvalue weighted by molar-refractivity contribution is -0.127. The molecule has 8 nitrogen and oxygen atoms in total. The molecule has 0 radical (unpaired) electrons. The van der Waals surface area contributed by atoms with Crippen LogP contribution in [0.5, 0.6) is 5.75 Å². The Balaban J connectivity index is 1.30. The summed E-state index contributed by atoms with van der Waals surface area (Å²) < 4.78 is 7.55. The second-order valence-electron chi connectivity index (χ2n) is 9.63. The van der Waals surface area contributed by atoms with Crippen LogP contribution < -0.4 is 15.4 Å². The number of benzene rings is 2. The largest absolute Gasteiger partial charge is 0.496 e. The predicted molar refractivity (Wildman–Crippen MR) is 141 cm³/mol. The Bertz CT molecular complexity index is 1380. The van der Waals surface area contributed by atoms with Gasteiger partial charge in [0.05, 0.1) is 12.5 Å². The molecule has 186 valence electrons. The Hall–Kier alpha value is -4.07. The average molecular weight is 486 g/mol. The highest BCUT2D eigenvalue weighted by Crippen LogP contribution is 2.44. The molecule has 2 fully saturated rings. The molecular weight excluding hydrogens is 454 g/mol. The maximum Gasteiger partial charge on any atom is 0.253 e. The number of amides is 2. The van der Waals surface area contributed by atoms with Crippen molar-refractivity contribution in [1.82, 2.24) is 9.47 Å². The minimum atomic E-state index is -0.442. The number of hydrogen-bond donors (Lipinski definition) is 2. The van der Waals surface area contributed by atoms with Crippen molar-refractivity contribution in [3.05, 3.63) is 66.0 Å². The third-order valence-electron chi connectivity index (χ3n) is 7.80. The van der Waals surface area contributed by atoms with E-state index in [0.717, 1.165) is 23.0 Å². The van der Waals surface area contributed by atoms with Crippen LogP contribution in [0.4, 0.5) is 5.69 Å². The van der Waals surface area contributed by atoms with Gasteiger partial charge in [0.15, 0.2) is 0 Å². The molecular formula is C28H31N5O3. The Morgan fingerprint density at radius 1 is 1.08 bits per heavy atom. The number of anilines is 1. The minimum absolute atomic E-state index is 0.0190. The van der Waals surface area contributed by atoms with Gasteiger partial charge in [-0.1, -0.05) is 6.07 Å². The third kappa shape index (κ3) is 3.82. The van der Waals surface area contributed by atoms with E-state index < -0.39 is 5.41 Å². The highest BCUT2D eigenvalue weighted by atomic mass is 16.5. The molecule has 8 heteroatoms. The molecule has 3 aromatic rings. The van der Waals surface area contributed by atoms with E-state index in [0.29, 0.717) is 54.9 Å². The molecule has 0 atom stereocenters. The maximum atomic E-state index is 13.6. The van der Waals surface area contributed by atoms with Crippen molar-refractivity contribution in [2.45, 2.75) is 19.3 Å². The van der Waals surface area contributed by atoms with Gasteiger partial charge < -0.3 is 30.2 Å². The van der Waals surface area contributed by atoms with Gasteiger partial charge >= 0.3 is 0 Å². The Kier molecular flexibility index (Phi) is 6.04. The minimum Gasteiger partial charge on any atom is -0.496 e. The maximum absolute atomic E-state index is 13.6. The van der Waals surface area contributed by atoms with Crippen molar-refractivity contribution in [1.29, 1.82) is 5.41 Å². The van der Waals surface area contributed by atoms with Crippen LogP contribution in [-0.2, 0) is 11.8 Å². The zero-order valence-electron chi connectivity index (χ0n) is 20.7. The third-order valence-corrected chi connectivity index (χ3v) is 7.80. The van der Waals surface area contributed by atoms with Gasteiger partial charge in [0.2, 0.25) is 5.91 Å². The van der Waals surface area contributed by atoms with E-state index in [4.69, 9.17) is 15.9 Å². The van der Waals surface area contributed by atoms with Gasteiger partial charge in [0, 0.05) is 79.3 Å². The van der Waals surface area contributed by atoms with Crippen LogP contribution in [0.15, 0.2) is 54.9 Å². The summed E-state index contributed by atoms with van der Waals surface area (Å²) in [5.41, 5.74) is 8.95. The first-order valence-electron chi connectivity index (χ1n) is 12.2. The highest BCUT2D eigenvalue weighted by Gasteiger charge is 2.49. The smallest absolute Gasteiger partial charge is 0.253 e. The van der Waals surface area contributed by atoms with Crippen LogP contribution in [-0.4, -0.2) is 54.2 Å². The molecule has 2 aromatic carbocycles. The van der Waals surface area contributed by atoms with E-state index in [1.54, 1.807) is 7.11 Å². The van der Waals surface area contributed by atoms with Crippen molar-refractivity contribution in [2.24, 2.45) is 18.2 Å². The van der Waals surface area contributed by atoms with Crippen molar-refractivity contribution >= 4 is 40.2 Å². The molecule has 3 N–H and O–H groups in total. The SMILES string of the molecule is COc1cc(N2CCC3(CCN(C(=O)c4ccc5ccn(C)c5c4)CC3)C2=O)ccc1/C(C=N)=C/N. The Morgan fingerprint density at radius 3 is 2.53 bits per heavy atom. The quantitative estimate of drug-likeness (QED) is 0.537. The van der Waals surface area contributed by atoms with Crippen LogP contribution in [0.3, 0.4) is 0 Å². The summed E-state index contributed by atoms with van der Waals surface area (Å²) >= 11 is 0.